The van der Waals surface area contributed by atoms with Gasteiger partial charge in [0.25, 0.3) is 5.91 Å². The molecular weight excluding hydrogens is 498 g/mol. The molecule has 1 unspecified atom stereocenters. The summed E-state index contributed by atoms with van der Waals surface area (Å²) in [6, 6.07) is 14.8. The van der Waals surface area contributed by atoms with Gasteiger partial charge in [-0.1, -0.05) is 38.1 Å². The highest BCUT2D eigenvalue weighted by atomic mass is 16.6. The third-order valence-electron chi connectivity index (χ3n) is 6.14. The Balaban J connectivity index is 1.76. The topological polar surface area (TPSA) is 110 Å². The van der Waals surface area contributed by atoms with Crippen molar-refractivity contribution < 1.29 is 28.3 Å². The van der Waals surface area contributed by atoms with Gasteiger partial charge in [0.05, 0.1) is 12.8 Å². The Morgan fingerprint density at radius 2 is 1.59 bits per heavy atom. The van der Waals surface area contributed by atoms with Crippen LogP contribution in [0, 0.1) is 0 Å². The van der Waals surface area contributed by atoms with Gasteiger partial charge in [-0.3, -0.25) is 19.3 Å². The van der Waals surface area contributed by atoms with Gasteiger partial charge in [-0.2, -0.15) is 0 Å². The first-order chi connectivity index (χ1) is 18.5. The van der Waals surface area contributed by atoms with Gasteiger partial charge in [-0.05, 0) is 62.1 Å². The zero-order valence-corrected chi connectivity index (χ0v) is 22.9. The summed E-state index contributed by atoms with van der Waals surface area (Å²) in [6.07, 6.45) is 1.38. The van der Waals surface area contributed by atoms with Crippen molar-refractivity contribution in [1.82, 2.24) is 10.6 Å². The molecule has 2 aromatic carbocycles. The van der Waals surface area contributed by atoms with Gasteiger partial charge in [0.15, 0.2) is 17.3 Å². The van der Waals surface area contributed by atoms with Gasteiger partial charge in [0, 0.05) is 17.3 Å². The van der Waals surface area contributed by atoms with E-state index in [0.717, 1.165) is 5.56 Å². The highest BCUT2D eigenvalue weighted by Gasteiger charge is 2.35. The number of fused-ring (bicyclic) bond motifs is 1. The van der Waals surface area contributed by atoms with Crippen LogP contribution >= 0.6 is 0 Å². The smallest absolute Gasteiger partial charge is 0.287 e. The average Bonchev–Trinajstić information content (AvgIpc) is 3.44. The Labute approximate surface area is 228 Å². The van der Waals surface area contributed by atoms with E-state index >= 15 is 0 Å². The minimum Gasteiger partial charge on any atom is -0.486 e. The summed E-state index contributed by atoms with van der Waals surface area (Å²) in [4.78, 5) is 41.6. The molecule has 1 atom stereocenters. The van der Waals surface area contributed by atoms with Crippen LogP contribution in [-0.2, 0) is 9.59 Å². The fraction of sp³-hybridized carbons (Fsp3) is 0.367. The summed E-state index contributed by atoms with van der Waals surface area (Å²) < 4.78 is 16.6. The fourth-order valence-corrected chi connectivity index (χ4v) is 4.27. The second-order valence-electron chi connectivity index (χ2n) is 10.7. The van der Waals surface area contributed by atoms with Gasteiger partial charge >= 0.3 is 0 Å². The maximum absolute atomic E-state index is 13.9. The quantitative estimate of drug-likeness (QED) is 0.438. The molecule has 2 N–H and O–H groups in total. The normalized spacial score (nSPS) is 13.5. The van der Waals surface area contributed by atoms with Gasteiger partial charge in [0.1, 0.15) is 19.3 Å². The fourth-order valence-electron chi connectivity index (χ4n) is 4.27. The van der Waals surface area contributed by atoms with Crippen LogP contribution < -0.4 is 25.0 Å². The second-order valence-corrected chi connectivity index (χ2v) is 10.7. The molecule has 0 saturated heterocycles. The molecular formula is C30H35N3O6. The summed E-state index contributed by atoms with van der Waals surface area (Å²) in [6.45, 7) is 10.2. The molecule has 9 heteroatoms. The Bertz CT molecular complexity index is 1310. The molecule has 1 aliphatic rings. The number of ether oxygens (including phenoxy) is 2. The van der Waals surface area contributed by atoms with E-state index in [1.54, 1.807) is 24.3 Å². The van der Waals surface area contributed by atoms with E-state index in [-0.39, 0.29) is 18.2 Å². The number of amides is 3. The SMILES string of the molecule is CC(C)c1ccc(C(C(=O)NC(C)(C)C)N(C(=O)CNC(=O)c2ccco2)c2ccc3c(c2)OCCO3)cc1. The zero-order chi connectivity index (χ0) is 28.2. The first-order valence-corrected chi connectivity index (χ1v) is 13.0. The number of benzene rings is 2. The molecule has 2 heterocycles. The van der Waals surface area contributed by atoms with Crippen molar-refractivity contribution in [1.29, 1.82) is 0 Å². The molecule has 206 valence electrons. The lowest BCUT2D eigenvalue weighted by molar-refractivity contribution is -0.127. The largest absolute Gasteiger partial charge is 0.486 e. The van der Waals surface area contributed by atoms with Crippen molar-refractivity contribution >= 4 is 23.4 Å². The molecule has 0 bridgehead atoms. The number of carbonyl (C=O) groups is 3. The Kier molecular flexibility index (Phi) is 8.28. The van der Waals surface area contributed by atoms with Crippen LogP contribution in [0.4, 0.5) is 5.69 Å². The lowest BCUT2D eigenvalue weighted by Crippen LogP contribution is -2.51. The van der Waals surface area contributed by atoms with E-state index in [0.29, 0.717) is 41.9 Å². The monoisotopic (exact) mass is 533 g/mol. The van der Waals surface area contributed by atoms with Crippen LogP contribution in [0.2, 0.25) is 0 Å². The molecule has 0 fully saturated rings. The number of nitrogens with zero attached hydrogens (tertiary/aromatic N) is 1. The number of carbonyl (C=O) groups excluding carboxylic acids is 3. The van der Waals surface area contributed by atoms with E-state index in [9.17, 15) is 14.4 Å². The summed E-state index contributed by atoms with van der Waals surface area (Å²) in [5, 5.41) is 5.62. The van der Waals surface area contributed by atoms with E-state index in [1.165, 1.54) is 17.2 Å². The number of nitrogens with one attached hydrogen (secondary N) is 2. The minimum atomic E-state index is -1.03. The van der Waals surface area contributed by atoms with Gasteiger partial charge in [0.2, 0.25) is 11.8 Å². The maximum Gasteiger partial charge on any atom is 0.287 e. The molecule has 1 aliphatic heterocycles. The van der Waals surface area contributed by atoms with Gasteiger partial charge in [-0.15, -0.1) is 0 Å². The maximum atomic E-state index is 13.9. The minimum absolute atomic E-state index is 0.0833. The summed E-state index contributed by atoms with van der Waals surface area (Å²) >= 11 is 0. The number of anilines is 1. The van der Waals surface area contributed by atoms with Crippen LogP contribution in [-0.4, -0.2) is 43.0 Å². The molecule has 1 aromatic heterocycles. The predicted octanol–water partition coefficient (Wildman–Crippen LogP) is 4.59. The van der Waals surface area contributed by atoms with Crippen LogP contribution in [0.15, 0.2) is 65.3 Å². The average molecular weight is 534 g/mol. The lowest BCUT2D eigenvalue weighted by atomic mass is 9.96. The van der Waals surface area contributed by atoms with E-state index < -0.39 is 23.4 Å². The molecule has 0 radical (unpaired) electrons. The molecule has 0 aliphatic carbocycles. The third-order valence-corrected chi connectivity index (χ3v) is 6.14. The Morgan fingerprint density at radius 3 is 2.21 bits per heavy atom. The van der Waals surface area contributed by atoms with E-state index in [2.05, 4.69) is 24.5 Å². The highest BCUT2D eigenvalue weighted by Crippen LogP contribution is 2.37. The van der Waals surface area contributed by atoms with Gasteiger partial charge in [-0.25, -0.2) is 0 Å². The summed E-state index contributed by atoms with van der Waals surface area (Å²) in [5.74, 6) is 0.0245. The molecule has 0 spiro atoms. The van der Waals surface area contributed by atoms with Crippen molar-refractivity contribution in [3.63, 3.8) is 0 Å². The standard InChI is InChI=1S/C30H35N3O6/c1-19(2)20-8-10-21(11-9-20)27(29(36)32-30(3,4)5)33(22-12-13-23-25(17-22)39-16-15-38-23)26(34)18-31-28(35)24-7-6-14-37-24/h6-14,17,19,27H,15-16,18H2,1-5H3,(H,31,35)(H,32,36). The summed E-state index contributed by atoms with van der Waals surface area (Å²) in [7, 11) is 0. The molecule has 39 heavy (non-hydrogen) atoms. The molecule has 3 amide bonds. The van der Waals surface area contributed by atoms with Crippen molar-refractivity contribution in [3.05, 3.63) is 77.7 Å². The number of rotatable bonds is 8. The van der Waals surface area contributed by atoms with Crippen molar-refractivity contribution in [2.24, 2.45) is 0 Å². The van der Waals surface area contributed by atoms with Crippen LogP contribution in [0.5, 0.6) is 11.5 Å². The van der Waals surface area contributed by atoms with Crippen LogP contribution in [0.1, 0.15) is 68.3 Å². The lowest BCUT2D eigenvalue weighted by Gasteiger charge is -2.34. The molecule has 0 saturated carbocycles. The van der Waals surface area contributed by atoms with Crippen molar-refractivity contribution in [2.45, 2.75) is 52.1 Å². The number of hydrogen-bond acceptors (Lipinski definition) is 6. The first kappa shape index (κ1) is 27.8. The van der Waals surface area contributed by atoms with Crippen molar-refractivity contribution in [2.75, 3.05) is 24.7 Å². The third kappa shape index (κ3) is 6.79. The first-order valence-electron chi connectivity index (χ1n) is 13.0. The highest BCUT2D eigenvalue weighted by molar-refractivity contribution is 6.04. The van der Waals surface area contributed by atoms with Crippen molar-refractivity contribution in [3.8, 4) is 11.5 Å². The van der Waals surface area contributed by atoms with E-state index in [4.69, 9.17) is 13.9 Å². The molecule has 3 aromatic rings. The van der Waals surface area contributed by atoms with Crippen LogP contribution in [0.3, 0.4) is 0 Å². The Hall–Kier alpha value is -4.27. The molecule has 4 rings (SSSR count). The van der Waals surface area contributed by atoms with E-state index in [1.807, 2.05) is 45.0 Å². The number of hydrogen-bond donors (Lipinski definition) is 2. The number of furan rings is 1. The zero-order valence-electron chi connectivity index (χ0n) is 22.9. The summed E-state index contributed by atoms with van der Waals surface area (Å²) in [5.41, 5.74) is 1.61. The predicted molar refractivity (Wildman–Crippen MR) is 147 cm³/mol. The second kappa shape index (κ2) is 11.6. The molecule has 9 nitrogen and oxygen atoms in total. The van der Waals surface area contributed by atoms with Crippen LogP contribution in [0.25, 0.3) is 0 Å². The Morgan fingerprint density at radius 1 is 0.923 bits per heavy atom. The van der Waals surface area contributed by atoms with Gasteiger partial charge < -0.3 is 24.5 Å².